The van der Waals surface area contributed by atoms with Crippen LogP contribution in [0.1, 0.15) is 33.6 Å². The number of nitrogens with zero attached hydrogens (tertiary/aromatic N) is 1. The van der Waals surface area contributed by atoms with E-state index in [0.717, 1.165) is 19.4 Å². The summed E-state index contributed by atoms with van der Waals surface area (Å²) < 4.78 is 5.40. The number of rotatable bonds is 1. The van der Waals surface area contributed by atoms with Gasteiger partial charge in [-0.15, -0.1) is 0 Å². The van der Waals surface area contributed by atoms with Gasteiger partial charge in [-0.3, -0.25) is 9.59 Å². The van der Waals surface area contributed by atoms with Gasteiger partial charge in [0.2, 0.25) is 5.91 Å². The molecule has 0 radical (unpaired) electrons. The van der Waals surface area contributed by atoms with Crippen molar-refractivity contribution in [3.05, 3.63) is 0 Å². The fraction of sp³-hybridized carbons (Fsp3) is 0.846. The quantitative estimate of drug-likeness (QED) is 0.694. The van der Waals surface area contributed by atoms with E-state index < -0.39 is 5.60 Å². The zero-order chi connectivity index (χ0) is 13.3. The highest BCUT2D eigenvalue weighted by Crippen LogP contribution is 2.25. The lowest BCUT2D eigenvalue weighted by molar-refractivity contribution is -0.163. The van der Waals surface area contributed by atoms with Crippen LogP contribution in [0.15, 0.2) is 0 Å². The number of hydrogen-bond acceptors (Lipinski definition) is 4. The first kappa shape index (κ1) is 13.3. The Labute approximate surface area is 108 Å². The van der Waals surface area contributed by atoms with Crippen LogP contribution in [0.5, 0.6) is 0 Å². The number of fused-ring (bicyclic) bond motifs is 1. The molecule has 2 unspecified atom stereocenters. The SMILES string of the molecule is CC(C)(C)OC(=O)C1CCC2CNCC(=O)N2C1. The van der Waals surface area contributed by atoms with Gasteiger partial charge in [0.25, 0.3) is 0 Å². The van der Waals surface area contributed by atoms with Crippen molar-refractivity contribution >= 4 is 11.9 Å². The summed E-state index contributed by atoms with van der Waals surface area (Å²) in [6.45, 7) is 7.34. The first-order valence-corrected chi connectivity index (χ1v) is 6.60. The second-order valence-electron chi connectivity index (χ2n) is 6.14. The molecule has 5 heteroatoms. The number of nitrogens with one attached hydrogen (secondary N) is 1. The fourth-order valence-electron chi connectivity index (χ4n) is 2.57. The summed E-state index contributed by atoms with van der Waals surface area (Å²) >= 11 is 0. The lowest BCUT2D eigenvalue weighted by atomic mass is 9.91. The van der Waals surface area contributed by atoms with Crippen molar-refractivity contribution in [1.82, 2.24) is 10.2 Å². The van der Waals surface area contributed by atoms with Gasteiger partial charge < -0.3 is 15.0 Å². The minimum atomic E-state index is -0.457. The first-order chi connectivity index (χ1) is 8.37. The van der Waals surface area contributed by atoms with E-state index in [0.29, 0.717) is 13.1 Å². The summed E-state index contributed by atoms with van der Waals surface area (Å²) in [5, 5.41) is 3.11. The molecular formula is C13H22N2O3. The second-order valence-corrected chi connectivity index (χ2v) is 6.14. The van der Waals surface area contributed by atoms with Crippen molar-refractivity contribution in [1.29, 1.82) is 0 Å². The van der Waals surface area contributed by atoms with Crippen molar-refractivity contribution in [2.45, 2.75) is 45.3 Å². The Hall–Kier alpha value is -1.10. The molecule has 1 amide bonds. The van der Waals surface area contributed by atoms with Gasteiger partial charge in [0.05, 0.1) is 12.5 Å². The van der Waals surface area contributed by atoms with Crippen molar-refractivity contribution in [3.8, 4) is 0 Å². The van der Waals surface area contributed by atoms with E-state index in [-0.39, 0.29) is 23.8 Å². The first-order valence-electron chi connectivity index (χ1n) is 6.60. The standard InChI is InChI=1S/C13H22N2O3/c1-13(2,3)18-12(17)9-4-5-10-6-14-7-11(16)15(10)8-9/h9-10,14H,4-8H2,1-3H3. The molecule has 2 saturated heterocycles. The summed E-state index contributed by atoms with van der Waals surface area (Å²) in [6.07, 6.45) is 1.69. The van der Waals surface area contributed by atoms with E-state index >= 15 is 0 Å². The molecule has 0 bridgehead atoms. The molecule has 102 valence electrons. The van der Waals surface area contributed by atoms with Gasteiger partial charge >= 0.3 is 5.97 Å². The van der Waals surface area contributed by atoms with Gasteiger partial charge in [0.15, 0.2) is 0 Å². The maximum atomic E-state index is 12.0. The third kappa shape index (κ3) is 3.02. The third-order valence-electron chi connectivity index (χ3n) is 3.42. The van der Waals surface area contributed by atoms with Gasteiger partial charge in [0.1, 0.15) is 5.60 Å². The lowest BCUT2D eigenvalue weighted by Gasteiger charge is -2.42. The summed E-state index contributed by atoms with van der Waals surface area (Å²) in [4.78, 5) is 25.7. The highest BCUT2D eigenvalue weighted by Gasteiger charge is 2.37. The Bertz CT molecular complexity index is 349. The molecule has 2 fully saturated rings. The number of esters is 1. The van der Waals surface area contributed by atoms with Crippen molar-refractivity contribution < 1.29 is 14.3 Å². The molecule has 2 aliphatic heterocycles. The van der Waals surface area contributed by atoms with Gasteiger partial charge in [-0.1, -0.05) is 0 Å². The fourth-order valence-corrected chi connectivity index (χ4v) is 2.57. The van der Waals surface area contributed by atoms with Gasteiger partial charge in [0, 0.05) is 19.1 Å². The number of piperidine rings is 1. The van der Waals surface area contributed by atoms with Crippen LogP contribution in [0.25, 0.3) is 0 Å². The zero-order valence-corrected chi connectivity index (χ0v) is 11.4. The molecular weight excluding hydrogens is 232 g/mol. The van der Waals surface area contributed by atoms with Gasteiger partial charge in [-0.25, -0.2) is 0 Å². The highest BCUT2D eigenvalue weighted by atomic mass is 16.6. The van der Waals surface area contributed by atoms with Crippen LogP contribution in [0.4, 0.5) is 0 Å². The molecule has 1 N–H and O–H groups in total. The van der Waals surface area contributed by atoms with E-state index in [2.05, 4.69) is 5.32 Å². The van der Waals surface area contributed by atoms with Crippen molar-refractivity contribution in [3.63, 3.8) is 0 Å². The molecule has 5 nitrogen and oxygen atoms in total. The molecule has 18 heavy (non-hydrogen) atoms. The largest absolute Gasteiger partial charge is 0.460 e. The van der Waals surface area contributed by atoms with Gasteiger partial charge in [-0.2, -0.15) is 0 Å². The molecule has 0 aliphatic carbocycles. The average molecular weight is 254 g/mol. The van der Waals surface area contributed by atoms with E-state index in [4.69, 9.17) is 4.74 Å². The van der Waals surface area contributed by atoms with Crippen LogP contribution in [0.3, 0.4) is 0 Å². The number of amides is 1. The van der Waals surface area contributed by atoms with Crippen LogP contribution in [0.2, 0.25) is 0 Å². The smallest absolute Gasteiger partial charge is 0.311 e. The number of hydrogen-bond donors (Lipinski definition) is 1. The summed E-state index contributed by atoms with van der Waals surface area (Å²) in [5.74, 6) is -0.241. The van der Waals surface area contributed by atoms with E-state index in [1.54, 1.807) is 0 Å². The summed E-state index contributed by atoms with van der Waals surface area (Å²) in [5.41, 5.74) is -0.457. The highest BCUT2D eigenvalue weighted by molar-refractivity contribution is 5.81. The monoisotopic (exact) mass is 254 g/mol. The number of ether oxygens (including phenoxy) is 1. The van der Waals surface area contributed by atoms with E-state index in [1.165, 1.54) is 0 Å². The molecule has 0 aromatic carbocycles. The molecule has 2 rings (SSSR count). The number of piperazine rings is 1. The Kier molecular flexibility index (Phi) is 3.61. The maximum absolute atomic E-state index is 12.0. The molecule has 2 heterocycles. The predicted octanol–water partition coefficient (Wildman–Crippen LogP) is 0.539. The predicted molar refractivity (Wildman–Crippen MR) is 66.9 cm³/mol. The van der Waals surface area contributed by atoms with Gasteiger partial charge in [-0.05, 0) is 33.6 Å². The molecule has 0 aromatic rings. The van der Waals surface area contributed by atoms with Crippen LogP contribution in [-0.4, -0.2) is 48.1 Å². The normalized spacial score (nSPS) is 28.8. The maximum Gasteiger partial charge on any atom is 0.311 e. The van der Waals surface area contributed by atoms with Crippen molar-refractivity contribution in [2.75, 3.05) is 19.6 Å². The van der Waals surface area contributed by atoms with E-state index in [9.17, 15) is 9.59 Å². The minimum Gasteiger partial charge on any atom is -0.460 e. The zero-order valence-electron chi connectivity index (χ0n) is 11.4. The molecule has 2 atom stereocenters. The Morgan fingerprint density at radius 1 is 1.39 bits per heavy atom. The van der Waals surface area contributed by atoms with Crippen LogP contribution in [0, 0.1) is 5.92 Å². The second kappa shape index (κ2) is 4.88. The Balaban J connectivity index is 1.96. The number of carbonyl (C=O) groups excluding carboxylic acids is 2. The topological polar surface area (TPSA) is 58.6 Å². The molecule has 0 saturated carbocycles. The van der Waals surface area contributed by atoms with E-state index in [1.807, 2.05) is 25.7 Å². The minimum absolute atomic E-state index is 0.0968. The summed E-state index contributed by atoms with van der Waals surface area (Å²) in [7, 11) is 0. The third-order valence-corrected chi connectivity index (χ3v) is 3.42. The van der Waals surface area contributed by atoms with Crippen LogP contribution < -0.4 is 5.32 Å². The van der Waals surface area contributed by atoms with Crippen LogP contribution >= 0.6 is 0 Å². The van der Waals surface area contributed by atoms with Crippen molar-refractivity contribution in [2.24, 2.45) is 5.92 Å². The summed E-state index contributed by atoms with van der Waals surface area (Å²) in [6, 6.07) is 0.255. The lowest BCUT2D eigenvalue weighted by Crippen LogP contribution is -2.59. The Morgan fingerprint density at radius 3 is 2.78 bits per heavy atom. The average Bonchev–Trinajstić information content (AvgIpc) is 2.27. The molecule has 0 spiro atoms. The van der Waals surface area contributed by atoms with Crippen LogP contribution in [-0.2, 0) is 14.3 Å². The molecule has 0 aromatic heterocycles. The molecule has 2 aliphatic rings. The number of carbonyl (C=O) groups is 2. The Morgan fingerprint density at radius 2 is 2.11 bits per heavy atom.